The molecule has 0 fully saturated rings. The van der Waals surface area contributed by atoms with Crippen molar-refractivity contribution in [2.75, 3.05) is 5.73 Å². The van der Waals surface area contributed by atoms with Crippen LogP contribution in [-0.2, 0) is 0 Å². The zero-order chi connectivity index (χ0) is 16.3. The summed E-state index contributed by atoms with van der Waals surface area (Å²) in [5, 5.41) is 2.64. The Kier molecular flexibility index (Phi) is 4.82. The van der Waals surface area contributed by atoms with Crippen molar-refractivity contribution in [3.05, 3.63) is 52.7 Å². The molecule has 0 radical (unpaired) electrons. The average molecular weight is 325 g/mol. The molecule has 0 spiro atoms. The molecule has 1 amide bonds. The lowest BCUT2D eigenvalue weighted by molar-refractivity contribution is 0.0907. The molecule has 2 aromatic rings. The highest BCUT2D eigenvalue weighted by molar-refractivity contribution is 6.31. The maximum absolute atomic E-state index is 13.5. The number of rotatable bonds is 5. The molecule has 3 N–H and O–H groups in total. The largest absolute Gasteiger partial charge is 0.461 e. The van der Waals surface area contributed by atoms with Gasteiger partial charge in [-0.25, -0.2) is 4.39 Å². The van der Waals surface area contributed by atoms with Crippen molar-refractivity contribution in [3.63, 3.8) is 0 Å². The van der Waals surface area contributed by atoms with Crippen molar-refractivity contribution >= 4 is 29.0 Å². The number of hydrogen-bond donors (Lipinski definition) is 2. The predicted molar refractivity (Wildman–Crippen MR) is 80.4 cm³/mol. The normalized spacial score (nSPS) is 12.0. The Hall–Kier alpha value is -2.34. The molecule has 2 rings (SSSR count). The van der Waals surface area contributed by atoms with E-state index in [4.69, 9.17) is 21.8 Å². The molecular formula is C15H14ClFN2O3. The van der Waals surface area contributed by atoms with E-state index >= 15 is 0 Å². The molecule has 0 saturated carbocycles. The molecule has 22 heavy (non-hydrogen) atoms. The number of ketones is 1. The number of Topliss-reactive ketones (excluding diaryl/α,β-unsaturated/α-hetero) is 1. The van der Waals surface area contributed by atoms with E-state index < -0.39 is 17.8 Å². The van der Waals surface area contributed by atoms with Gasteiger partial charge in [0.2, 0.25) is 0 Å². The number of nitrogens with one attached hydrogen (secondary N) is 1. The molecule has 0 aliphatic rings. The second-order valence-corrected chi connectivity index (χ2v) is 5.26. The zero-order valence-electron chi connectivity index (χ0n) is 11.7. The molecule has 0 saturated heterocycles. The van der Waals surface area contributed by atoms with Crippen molar-refractivity contribution in [1.82, 2.24) is 5.32 Å². The number of furan rings is 1. The lowest BCUT2D eigenvalue weighted by Gasteiger charge is -2.14. The van der Waals surface area contributed by atoms with Crippen LogP contribution in [0.4, 0.5) is 10.1 Å². The Bertz CT molecular complexity index is 701. The van der Waals surface area contributed by atoms with Crippen LogP contribution in [0.15, 0.2) is 34.9 Å². The van der Waals surface area contributed by atoms with Crippen molar-refractivity contribution in [3.8, 4) is 0 Å². The van der Waals surface area contributed by atoms with Gasteiger partial charge in [-0.1, -0.05) is 11.6 Å². The Morgan fingerprint density at radius 3 is 2.82 bits per heavy atom. The number of carbonyl (C=O) groups excluding carboxylic acids is 2. The lowest BCUT2D eigenvalue weighted by Crippen LogP contribution is -2.34. The number of carbonyl (C=O) groups is 2. The van der Waals surface area contributed by atoms with Crippen molar-refractivity contribution in [1.29, 1.82) is 0 Å². The first kappa shape index (κ1) is 16.0. The monoisotopic (exact) mass is 324 g/mol. The maximum Gasteiger partial charge on any atom is 0.253 e. The molecule has 1 atom stereocenters. The van der Waals surface area contributed by atoms with Crippen molar-refractivity contribution in [2.45, 2.75) is 19.4 Å². The molecule has 1 heterocycles. The number of anilines is 1. The molecule has 0 bridgehead atoms. The molecule has 0 aliphatic heterocycles. The minimum absolute atomic E-state index is 0.0439. The number of nitrogen functional groups attached to an aromatic ring is 1. The van der Waals surface area contributed by atoms with Gasteiger partial charge >= 0.3 is 0 Å². The second kappa shape index (κ2) is 6.62. The van der Waals surface area contributed by atoms with E-state index in [1.807, 2.05) is 0 Å². The third kappa shape index (κ3) is 3.65. The van der Waals surface area contributed by atoms with E-state index in [1.54, 1.807) is 19.1 Å². The summed E-state index contributed by atoms with van der Waals surface area (Å²) in [7, 11) is 0. The number of nitrogens with two attached hydrogens (primary N) is 1. The first-order valence-electron chi connectivity index (χ1n) is 6.50. The SMILES string of the molecule is C[C@@H](CC(=O)c1ccco1)NC(=O)c1cc(Cl)cc(F)c1N. The zero-order valence-corrected chi connectivity index (χ0v) is 12.5. The Morgan fingerprint density at radius 1 is 1.45 bits per heavy atom. The van der Waals surface area contributed by atoms with Crippen LogP contribution in [0.5, 0.6) is 0 Å². The third-order valence-corrected chi connectivity index (χ3v) is 3.22. The van der Waals surface area contributed by atoms with Crippen LogP contribution >= 0.6 is 11.6 Å². The molecule has 7 heteroatoms. The van der Waals surface area contributed by atoms with Gasteiger partial charge in [0.05, 0.1) is 17.5 Å². The third-order valence-electron chi connectivity index (χ3n) is 3.00. The van der Waals surface area contributed by atoms with Gasteiger partial charge in [-0.05, 0) is 31.2 Å². The van der Waals surface area contributed by atoms with E-state index in [1.165, 1.54) is 12.3 Å². The first-order chi connectivity index (χ1) is 10.4. The number of halogens is 2. The fraction of sp³-hybridized carbons (Fsp3) is 0.200. The van der Waals surface area contributed by atoms with Crippen LogP contribution in [0, 0.1) is 5.82 Å². The highest BCUT2D eigenvalue weighted by Crippen LogP contribution is 2.22. The van der Waals surface area contributed by atoms with E-state index in [2.05, 4.69) is 5.32 Å². The van der Waals surface area contributed by atoms with E-state index in [9.17, 15) is 14.0 Å². The highest BCUT2D eigenvalue weighted by atomic mass is 35.5. The summed E-state index contributed by atoms with van der Waals surface area (Å²) in [6.07, 6.45) is 1.44. The fourth-order valence-corrected chi connectivity index (χ4v) is 2.15. The van der Waals surface area contributed by atoms with Gasteiger partial charge in [0, 0.05) is 17.5 Å². The van der Waals surface area contributed by atoms with Crippen molar-refractivity contribution < 1.29 is 18.4 Å². The van der Waals surface area contributed by atoms with Crippen LogP contribution in [-0.4, -0.2) is 17.7 Å². The molecular weight excluding hydrogens is 311 g/mol. The van der Waals surface area contributed by atoms with E-state index in [-0.39, 0.29) is 34.2 Å². The number of amides is 1. The Morgan fingerprint density at radius 2 is 2.18 bits per heavy atom. The summed E-state index contributed by atoms with van der Waals surface area (Å²) in [5.74, 6) is -1.40. The van der Waals surface area contributed by atoms with Gasteiger partial charge in [0.25, 0.3) is 5.91 Å². The summed E-state index contributed by atoms with van der Waals surface area (Å²) in [4.78, 5) is 24.0. The first-order valence-corrected chi connectivity index (χ1v) is 6.88. The summed E-state index contributed by atoms with van der Waals surface area (Å²) >= 11 is 5.71. The van der Waals surface area contributed by atoms with E-state index in [0.29, 0.717) is 0 Å². The number of benzene rings is 1. The molecule has 5 nitrogen and oxygen atoms in total. The Balaban J connectivity index is 2.04. The smallest absolute Gasteiger partial charge is 0.253 e. The highest BCUT2D eigenvalue weighted by Gasteiger charge is 2.19. The van der Waals surface area contributed by atoms with Gasteiger partial charge in [-0.3, -0.25) is 9.59 Å². The summed E-state index contributed by atoms with van der Waals surface area (Å²) in [6.45, 7) is 1.65. The minimum atomic E-state index is -0.767. The summed E-state index contributed by atoms with van der Waals surface area (Å²) in [6, 6.07) is 4.97. The van der Waals surface area contributed by atoms with Crippen LogP contribution in [0.2, 0.25) is 5.02 Å². The lowest BCUT2D eigenvalue weighted by atomic mass is 10.1. The predicted octanol–water partition coefficient (Wildman–Crippen LogP) is 3.05. The second-order valence-electron chi connectivity index (χ2n) is 4.83. The van der Waals surface area contributed by atoms with Crippen LogP contribution in [0.3, 0.4) is 0 Å². The van der Waals surface area contributed by atoms with E-state index in [0.717, 1.165) is 6.07 Å². The summed E-state index contributed by atoms with van der Waals surface area (Å²) < 4.78 is 18.5. The van der Waals surface area contributed by atoms with Gasteiger partial charge < -0.3 is 15.5 Å². The molecule has 116 valence electrons. The van der Waals surface area contributed by atoms with Gasteiger partial charge in [-0.2, -0.15) is 0 Å². The molecule has 1 aromatic heterocycles. The quantitative estimate of drug-likeness (QED) is 0.654. The fourth-order valence-electron chi connectivity index (χ4n) is 1.94. The Labute approximate surface area is 131 Å². The van der Waals surface area contributed by atoms with Crippen molar-refractivity contribution in [2.24, 2.45) is 0 Å². The summed E-state index contributed by atoms with van der Waals surface area (Å²) in [5.41, 5.74) is 5.18. The number of hydrogen-bond acceptors (Lipinski definition) is 4. The topological polar surface area (TPSA) is 85.3 Å². The maximum atomic E-state index is 13.5. The van der Waals surface area contributed by atoms with Gasteiger partial charge in [0.15, 0.2) is 11.5 Å². The molecule has 0 aliphatic carbocycles. The average Bonchev–Trinajstić information content (AvgIpc) is 2.96. The molecule has 0 unspecified atom stereocenters. The molecule has 1 aromatic carbocycles. The van der Waals surface area contributed by atoms with Gasteiger partial charge in [-0.15, -0.1) is 0 Å². The standard InChI is InChI=1S/C15H14ClFN2O3/c1-8(5-12(20)13-3-2-4-22-13)19-15(21)10-6-9(16)7-11(17)14(10)18/h2-4,6-8H,5,18H2,1H3,(H,19,21)/t8-/m0/s1. The van der Waals surface area contributed by atoms with Gasteiger partial charge in [0.1, 0.15) is 5.82 Å². The van der Waals surface area contributed by atoms with Crippen LogP contribution < -0.4 is 11.1 Å². The van der Waals surface area contributed by atoms with Crippen LogP contribution in [0.25, 0.3) is 0 Å². The minimum Gasteiger partial charge on any atom is -0.461 e. The van der Waals surface area contributed by atoms with Crippen LogP contribution in [0.1, 0.15) is 34.3 Å².